The second-order valence-corrected chi connectivity index (χ2v) is 4.73. The summed E-state index contributed by atoms with van der Waals surface area (Å²) in [7, 11) is 0. The predicted octanol–water partition coefficient (Wildman–Crippen LogP) is 4.00. The number of nitrogen functional groups attached to an aromatic ring is 1. The molecular formula is C14H11BrN2O. The van der Waals surface area contributed by atoms with Crippen molar-refractivity contribution in [2.45, 2.75) is 6.92 Å². The summed E-state index contributed by atoms with van der Waals surface area (Å²) in [6.45, 7) is 1.99. The van der Waals surface area contributed by atoms with Crippen LogP contribution < -0.4 is 10.5 Å². The molecule has 90 valence electrons. The first-order valence-electron chi connectivity index (χ1n) is 5.34. The number of nitrogens with two attached hydrogens (primary N) is 1. The van der Waals surface area contributed by atoms with Crippen molar-refractivity contribution in [3.63, 3.8) is 0 Å². The highest BCUT2D eigenvalue weighted by molar-refractivity contribution is 9.10. The number of halogens is 1. The number of ether oxygens (including phenoxy) is 1. The SMILES string of the molecule is Cc1cc(Oc2ccc(C#N)c(N)c2)ccc1Br. The second-order valence-electron chi connectivity index (χ2n) is 3.87. The highest BCUT2D eigenvalue weighted by Crippen LogP contribution is 2.28. The number of nitriles is 1. The second kappa shape index (κ2) is 5.11. The van der Waals surface area contributed by atoms with Crippen molar-refractivity contribution in [2.24, 2.45) is 0 Å². The van der Waals surface area contributed by atoms with Gasteiger partial charge in [-0.15, -0.1) is 0 Å². The molecule has 2 N–H and O–H groups in total. The molecule has 0 radical (unpaired) electrons. The number of hydrogen-bond acceptors (Lipinski definition) is 3. The van der Waals surface area contributed by atoms with Crippen molar-refractivity contribution >= 4 is 21.6 Å². The van der Waals surface area contributed by atoms with E-state index in [-0.39, 0.29) is 0 Å². The van der Waals surface area contributed by atoms with Crippen LogP contribution in [0.2, 0.25) is 0 Å². The average Bonchev–Trinajstić information content (AvgIpc) is 2.34. The van der Waals surface area contributed by atoms with Gasteiger partial charge in [-0.3, -0.25) is 0 Å². The van der Waals surface area contributed by atoms with Gasteiger partial charge in [-0.05, 0) is 42.8 Å². The lowest BCUT2D eigenvalue weighted by atomic mass is 10.2. The molecule has 18 heavy (non-hydrogen) atoms. The number of aryl methyl sites for hydroxylation is 1. The summed E-state index contributed by atoms with van der Waals surface area (Å²) in [6, 6.07) is 12.8. The molecule has 0 aliphatic rings. The fourth-order valence-electron chi connectivity index (χ4n) is 1.52. The van der Waals surface area contributed by atoms with E-state index in [9.17, 15) is 0 Å². The molecule has 0 fully saturated rings. The maximum absolute atomic E-state index is 8.79. The zero-order chi connectivity index (χ0) is 13.1. The van der Waals surface area contributed by atoms with Gasteiger partial charge < -0.3 is 10.5 Å². The van der Waals surface area contributed by atoms with E-state index in [2.05, 4.69) is 15.9 Å². The number of nitrogens with zero attached hydrogens (tertiary/aromatic N) is 1. The highest BCUT2D eigenvalue weighted by Gasteiger charge is 2.03. The highest BCUT2D eigenvalue weighted by atomic mass is 79.9. The molecule has 0 saturated heterocycles. The van der Waals surface area contributed by atoms with Crippen molar-refractivity contribution in [3.8, 4) is 17.6 Å². The molecule has 4 heteroatoms. The molecule has 2 aromatic carbocycles. The molecular weight excluding hydrogens is 292 g/mol. The average molecular weight is 303 g/mol. The van der Waals surface area contributed by atoms with Gasteiger partial charge in [-0.2, -0.15) is 5.26 Å². The topological polar surface area (TPSA) is 59.0 Å². The Morgan fingerprint density at radius 1 is 1.17 bits per heavy atom. The third kappa shape index (κ3) is 2.63. The van der Waals surface area contributed by atoms with E-state index in [1.54, 1.807) is 18.2 Å². The normalized spacial score (nSPS) is 9.83. The van der Waals surface area contributed by atoms with Crippen molar-refractivity contribution in [2.75, 3.05) is 5.73 Å². The molecule has 0 aromatic heterocycles. The molecule has 0 saturated carbocycles. The monoisotopic (exact) mass is 302 g/mol. The lowest BCUT2D eigenvalue weighted by Crippen LogP contribution is -1.92. The van der Waals surface area contributed by atoms with Gasteiger partial charge >= 0.3 is 0 Å². The van der Waals surface area contributed by atoms with Crippen molar-refractivity contribution < 1.29 is 4.74 Å². The Kier molecular flexibility index (Phi) is 3.54. The minimum Gasteiger partial charge on any atom is -0.457 e. The fourth-order valence-corrected chi connectivity index (χ4v) is 1.77. The Balaban J connectivity index is 2.26. The van der Waals surface area contributed by atoms with Gasteiger partial charge in [0.2, 0.25) is 0 Å². The lowest BCUT2D eigenvalue weighted by Gasteiger charge is -2.08. The van der Waals surface area contributed by atoms with Gasteiger partial charge in [0.25, 0.3) is 0 Å². The predicted molar refractivity (Wildman–Crippen MR) is 74.5 cm³/mol. The van der Waals surface area contributed by atoms with E-state index in [4.69, 9.17) is 15.7 Å². The van der Waals surface area contributed by atoms with Gasteiger partial charge in [0, 0.05) is 10.5 Å². The smallest absolute Gasteiger partial charge is 0.129 e. The van der Waals surface area contributed by atoms with Crippen LogP contribution in [0, 0.1) is 18.3 Å². The Bertz CT molecular complexity index is 632. The number of rotatable bonds is 2. The lowest BCUT2D eigenvalue weighted by molar-refractivity contribution is 0.482. The summed E-state index contributed by atoms with van der Waals surface area (Å²) in [4.78, 5) is 0. The molecule has 2 aromatic rings. The van der Waals surface area contributed by atoms with Crippen LogP contribution in [-0.2, 0) is 0 Å². The summed E-state index contributed by atoms with van der Waals surface area (Å²) < 4.78 is 6.72. The molecule has 0 atom stereocenters. The van der Waals surface area contributed by atoms with Crippen LogP contribution in [0.5, 0.6) is 11.5 Å². The van der Waals surface area contributed by atoms with Gasteiger partial charge in [-0.1, -0.05) is 15.9 Å². The zero-order valence-electron chi connectivity index (χ0n) is 9.77. The molecule has 0 spiro atoms. The van der Waals surface area contributed by atoms with Crippen molar-refractivity contribution in [1.82, 2.24) is 0 Å². The number of benzene rings is 2. The van der Waals surface area contributed by atoms with Crippen LogP contribution >= 0.6 is 15.9 Å². The van der Waals surface area contributed by atoms with Crippen LogP contribution in [0.25, 0.3) is 0 Å². The standard InChI is InChI=1S/C14H11BrN2O/c1-9-6-11(4-5-13(9)15)18-12-3-2-10(8-16)14(17)7-12/h2-7H,17H2,1H3. The number of hydrogen-bond donors (Lipinski definition) is 1. The summed E-state index contributed by atoms with van der Waals surface area (Å²) >= 11 is 3.43. The quantitative estimate of drug-likeness (QED) is 0.853. The Morgan fingerprint density at radius 3 is 2.44 bits per heavy atom. The first-order chi connectivity index (χ1) is 8.60. The third-order valence-electron chi connectivity index (χ3n) is 2.51. The molecule has 0 bridgehead atoms. The molecule has 0 aliphatic heterocycles. The van der Waals surface area contributed by atoms with E-state index in [0.717, 1.165) is 15.8 Å². The minimum atomic E-state index is 0.420. The maximum atomic E-state index is 8.79. The summed E-state index contributed by atoms with van der Waals surface area (Å²) in [6.07, 6.45) is 0. The van der Waals surface area contributed by atoms with E-state index < -0.39 is 0 Å². The van der Waals surface area contributed by atoms with E-state index in [1.165, 1.54) is 0 Å². The van der Waals surface area contributed by atoms with Crippen molar-refractivity contribution in [3.05, 3.63) is 52.0 Å². The third-order valence-corrected chi connectivity index (χ3v) is 3.40. The Morgan fingerprint density at radius 2 is 1.83 bits per heavy atom. The van der Waals surface area contributed by atoms with Crippen molar-refractivity contribution in [1.29, 1.82) is 5.26 Å². The molecule has 0 amide bonds. The van der Waals surface area contributed by atoms with Crippen LogP contribution in [0.4, 0.5) is 5.69 Å². The van der Waals surface area contributed by atoms with E-state index in [0.29, 0.717) is 17.0 Å². The molecule has 2 rings (SSSR count). The van der Waals surface area contributed by atoms with Crippen LogP contribution in [0.15, 0.2) is 40.9 Å². The fraction of sp³-hybridized carbons (Fsp3) is 0.0714. The Hall–Kier alpha value is -1.99. The molecule has 3 nitrogen and oxygen atoms in total. The first-order valence-corrected chi connectivity index (χ1v) is 6.13. The van der Waals surface area contributed by atoms with Crippen LogP contribution in [-0.4, -0.2) is 0 Å². The van der Waals surface area contributed by atoms with Crippen LogP contribution in [0.1, 0.15) is 11.1 Å². The Labute approximate surface area is 114 Å². The summed E-state index contributed by atoms with van der Waals surface area (Å²) in [5.74, 6) is 1.35. The minimum absolute atomic E-state index is 0.420. The maximum Gasteiger partial charge on any atom is 0.129 e. The van der Waals surface area contributed by atoms with E-state index >= 15 is 0 Å². The number of anilines is 1. The first kappa shape index (κ1) is 12.5. The summed E-state index contributed by atoms with van der Waals surface area (Å²) in [5.41, 5.74) is 7.69. The van der Waals surface area contributed by atoms with E-state index in [1.807, 2.05) is 31.2 Å². The zero-order valence-corrected chi connectivity index (χ0v) is 11.4. The van der Waals surface area contributed by atoms with Gasteiger partial charge in [0.15, 0.2) is 0 Å². The molecule has 0 heterocycles. The van der Waals surface area contributed by atoms with Crippen LogP contribution in [0.3, 0.4) is 0 Å². The van der Waals surface area contributed by atoms with Gasteiger partial charge in [-0.25, -0.2) is 0 Å². The largest absolute Gasteiger partial charge is 0.457 e. The molecule has 0 unspecified atom stereocenters. The van der Waals surface area contributed by atoms with Gasteiger partial charge in [0.05, 0.1) is 11.3 Å². The van der Waals surface area contributed by atoms with Gasteiger partial charge in [0.1, 0.15) is 17.6 Å². The molecule has 0 aliphatic carbocycles. The summed E-state index contributed by atoms with van der Waals surface area (Å²) in [5, 5.41) is 8.79.